The van der Waals surface area contributed by atoms with Crippen LogP contribution in [0.2, 0.25) is 0 Å². The van der Waals surface area contributed by atoms with Gasteiger partial charge in [-0.1, -0.05) is 0 Å². The highest BCUT2D eigenvalue weighted by molar-refractivity contribution is 5.28. The molecule has 1 aromatic rings. The predicted octanol–water partition coefficient (Wildman–Crippen LogP) is -1.45. The minimum Gasteiger partial charge on any atom is -0.502 e. The molecule has 0 atom stereocenters. The molecule has 1 rings (SSSR count). The Labute approximate surface area is 61.3 Å². The van der Waals surface area contributed by atoms with Crippen LogP contribution >= 0.6 is 0 Å². The third-order valence-electron chi connectivity index (χ3n) is 1.14. The smallest absolute Gasteiger partial charge is 0.294 e. The van der Waals surface area contributed by atoms with Crippen LogP contribution in [0.4, 0.5) is 5.95 Å². The molecule has 0 radical (unpaired) electrons. The van der Waals surface area contributed by atoms with E-state index in [2.05, 4.69) is 9.97 Å². The van der Waals surface area contributed by atoms with Gasteiger partial charge in [0.2, 0.25) is 11.7 Å². The number of hydrogen-bond acceptors (Lipinski definition) is 5. The first-order valence-electron chi connectivity index (χ1n) is 2.83. The summed E-state index contributed by atoms with van der Waals surface area (Å²) in [5, 5.41) is 17.4. The second kappa shape index (κ2) is 2.59. The molecule has 1 aromatic heterocycles. The predicted molar refractivity (Wildman–Crippen MR) is 36.9 cm³/mol. The van der Waals surface area contributed by atoms with Crippen molar-refractivity contribution in [2.75, 3.05) is 5.73 Å². The lowest BCUT2D eigenvalue weighted by Gasteiger charge is -1.98. The number of aromatic hydroxyl groups is 1. The lowest BCUT2D eigenvalue weighted by molar-refractivity contribution is 0.269. The molecule has 5 N–H and O–H groups in total. The first-order chi connectivity index (χ1) is 5.15. The van der Waals surface area contributed by atoms with Crippen molar-refractivity contribution < 1.29 is 10.2 Å². The SMILES string of the molecule is Nc1nc(CO)c(O)c(=O)[nH]1. The van der Waals surface area contributed by atoms with Crippen molar-refractivity contribution in [1.29, 1.82) is 0 Å². The third kappa shape index (κ3) is 1.30. The van der Waals surface area contributed by atoms with Crippen LogP contribution in [0.5, 0.6) is 5.75 Å². The molecule has 0 aliphatic rings. The number of nitrogens with one attached hydrogen (secondary N) is 1. The van der Waals surface area contributed by atoms with E-state index in [4.69, 9.17) is 15.9 Å². The molecular formula is C5H7N3O3. The Morgan fingerprint density at radius 1 is 1.64 bits per heavy atom. The van der Waals surface area contributed by atoms with E-state index >= 15 is 0 Å². The van der Waals surface area contributed by atoms with Gasteiger partial charge in [0, 0.05) is 0 Å². The Morgan fingerprint density at radius 2 is 2.27 bits per heavy atom. The molecule has 11 heavy (non-hydrogen) atoms. The van der Waals surface area contributed by atoms with Crippen molar-refractivity contribution in [2.24, 2.45) is 0 Å². The van der Waals surface area contributed by atoms with E-state index in [1.165, 1.54) is 0 Å². The first kappa shape index (κ1) is 7.55. The number of anilines is 1. The fourth-order valence-corrected chi connectivity index (χ4v) is 0.643. The number of nitrogens with two attached hydrogens (primary N) is 1. The van der Waals surface area contributed by atoms with Crippen LogP contribution in [0.25, 0.3) is 0 Å². The maximum absolute atomic E-state index is 10.7. The maximum Gasteiger partial charge on any atom is 0.294 e. The van der Waals surface area contributed by atoms with Crippen LogP contribution in [0.15, 0.2) is 4.79 Å². The maximum atomic E-state index is 10.7. The largest absolute Gasteiger partial charge is 0.502 e. The molecule has 0 unspecified atom stereocenters. The summed E-state index contributed by atoms with van der Waals surface area (Å²) in [7, 11) is 0. The second-order valence-corrected chi connectivity index (χ2v) is 1.90. The Bertz CT molecular complexity index is 319. The quantitative estimate of drug-likeness (QED) is 0.398. The van der Waals surface area contributed by atoms with Gasteiger partial charge in [-0.05, 0) is 0 Å². The van der Waals surface area contributed by atoms with Crippen molar-refractivity contribution in [1.82, 2.24) is 9.97 Å². The minimum atomic E-state index is -0.749. The molecule has 0 fully saturated rings. The van der Waals surface area contributed by atoms with Crippen LogP contribution in [0, 0.1) is 0 Å². The summed E-state index contributed by atoms with van der Waals surface area (Å²) in [6.45, 7) is -0.514. The number of aliphatic hydroxyl groups excluding tert-OH is 1. The molecule has 6 nitrogen and oxygen atoms in total. The average molecular weight is 157 g/mol. The van der Waals surface area contributed by atoms with Gasteiger partial charge in [0.1, 0.15) is 5.69 Å². The summed E-state index contributed by atoms with van der Waals surface area (Å²) < 4.78 is 0. The number of rotatable bonds is 1. The van der Waals surface area contributed by atoms with E-state index < -0.39 is 17.9 Å². The number of aromatic amines is 1. The normalized spacial score (nSPS) is 9.91. The fraction of sp³-hybridized carbons (Fsp3) is 0.200. The van der Waals surface area contributed by atoms with Gasteiger partial charge in [-0.2, -0.15) is 0 Å². The summed E-state index contributed by atoms with van der Waals surface area (Å²) in [4.78, 5) is 16.2. The molecular weight excluding hydrogens is 150 g/mol. The number of nitrogen functional groups attached to an aromatic ring is 1. The molecule has 0 bridgehead atoms. The van der Waals surface area contributed by atoms with Crippen LogP contribution in [-0.2, 0) is 6.61 Å². The third-order valence-corrected chi connectivity index (χ3v) is 1.14. The summed E-state index contributed by atoms with van der Waals surface area (Å²) in [6.07, 6.45) is 0. The van der Waals surface area contributed by atoms with E-state index in [-0.39, 0.29) is 11.6 Å². The highest BCUT2D eigenvalue weighted by atomic mass is 16.3. The molecule has 0 saturated carbocycles. The molecule has 0 aromatic carbocycles. The van der Waals surface area contributed by atoms with E-state index in [0.717, 1.165) is 0 Å². The Balaban J connectivity index is 3.36. The molecule has 0 amide bonds. The Kier molecular flexibility index (Phi) is 1.77. The molecule has 1 heterocycles. The molecule has 0 aliphatic heterocycles. The van der Waals surface area contributed by atoms with Gasteiger partial charge in [0.05, 0.1) is 6.61 Å². The van der Waals surface area contributed by atoms with Gasteiger partial charge in [-0.3, -0.25) is 9.78 Å². The summed E-state index contributed by atoms with van der Waals surface area (Å²) in [6, 6.07) is 0. The van der Waals surface area contributed by atoms with Gasteiger partial charge < -0.3 is 15.9 Å². The Hall–Kier alpha value is -1.56. The van der Waals surface area contributed by atoms with Gasteiger partial charge in [-0.25, -0.2) is 4.98 Å². The van der Waals surface area contributed by atoms with Crippen molar-refractivity contribution in [3.05, 3.63) is 16.0 Å². The van der Waals surface area contributed by atoms with E-state index in [0.29, 0.717) is 0 Å². The average Bonchev–Trinajstić information content (AvgIpc) is 1.96. The summed E-state index contributed by atoms with van der Waals surface area (Å²) in [5.41, 5.74) is 4.25. The van der Waals surface area contributed by atoms with Gasteiger partial charge in [0.15, 0.2) is 0 Å². The molecule has 0 spiro atoms. The molecule has 6 heteroatoms. The Morgan fingerprint density at radius 3 is 2.82 bits per heavy atom. The van der Waals surface area contributed by atoms with Crippen LogP contribution in [0.3, 0.4) is 0 Å². The lowest BCUT2D eigenvalue weighted by Crippen LogP contribution is -2.13. The monoisotopic (exact) mass is 157 g/mol. The van der Waals surface area contributed by atoms with E-state index in [1.807, 2.05) is 0 Å². The van der Waals surface area contributed by atoms with Crippen molar-refractivity contribution in [3.63, 3.8) is 0 Å². The highest BCUT2D eigenvalue weighted by Crippen LogP contribution is 2.06. The highest BCUT2D eigenvalue weighted by Gasteiger charge is 2.06. The number of H-pyrrole nitrogens is 1. The standard InChI is InChI=1S/C5H7N3O3/c6-5-7-2(1-9)3(10)4(11)8-5/h9-10H,1H2,(H3,6,7,8,11). The fourth-order valence-electron chi connectivity index (χ4n) is 0.643. The van der Waals surface area contributed by atoms with Crippen LogP contribution < -0.4 is 11.3 Å². The zero-order valence-electron chi connectivity index (χ0n) is 5.53. The topological polar surface area (TPSA) is 112 Å². The van der Waals surface area contributed by atoms with E-state index in [9.17, 15) is 4.79 Å². The zero-order chi connectivity index (χ0) is 8.43. The van der Waals surface area contributed by atoms with E-state index in [1.54, 1.807) is 0 Å². The van der Waals surface area contributed by atoms with Gasteiger partial charge >= 0.3 is 0 Å². The van der Waals surface area contributed by atoms with Gasteiger partial charge in [-0.15, -0.1) is 0 Å². The van der Waals surface area contributed by atoms with Crippen molar-refractivity contribution in [2.45, 2.75) is 6.61 Å². The number of aromatic nitrogens is 2. The number of hydrogen-bond donors (Lipinski definition) is 4. The molecule has 0 aliphatic carbocycles. The van der Waals surface area contributed by atoms with Crippen LogP contribution in [0.1, 0.15) is 5.69 Å². The zero-order valence-corrected chi connectivity index (χ0v) is 5.53. The lowest BCUT2D eigenvalue weighted by atomic mass is 10.4. The number of nitrogens with zero attached hydrogens (tertiary/aromatic N) is 1. The van der Waals surface area contributed by atoms with Gasteiger partial charge in [0.25, 0.3) is 5.56 Å². The minimum absolute atomic E-state index is 0.119. The van der Waals surface area contributed by atoms with Crippen molar-refractivity contribution >= 4 is 5.95 Å². The summed E-state index contributed by atoms with van der Waals surface area (Å²) >= 11 is 0. The summed E-state index contributed by atoms with van der Waals surface area (Å²) in [5.74, 6) is -0.724. The van der Waals surface area contributed by atoms with Crippen molar-refractivity contribution in [3.8, 4) is 5.75 Å². The molecule has 0 saturated heterocycles. The first-order valence-corrected chi connectivity index (χ1v) is 2.83. The van der Waals surface area contributed by atoms with Crippen LogP contribution in [-0.4, -0.2) is 20.2 Å². The number of aliphatic hydroxyl groups is 1. The molecule has 60 valence electrons. The second-order valence-electron chi connectivity index (χ2n) is 1.90.